The van der Waals surface area contributed by atoms with Gasteiger partial charge in [0, 0.05) is 6.54 Å². The van der Waals surface area contributed by atoms with Crippen LogP contribution in [-0.2, 0) is 0 Å². The van der Waals surface area contributed by atoms with E-state index in [2.05, 4.69) is 74.2 Å². The highest BCUT2D eigenvalue weighted by Crippen LogP contribution is 2.31. The predicted molar refractivity (Wildman–Crippen MR) is 93.4 cm³/mol. The molecule has 0 aliphatic heterocycles. The Balaban J connectivity index is 2.44. The molecule has 0 saturated carbocycles. The summed E-state index contributed by atoms with van der Waals surface area (Å²) in [6.07, 6.45) is 0. The Hall–Kier alpha value is -1.80. The molecule has 1 atom stereocenters. The molecule has 0 spiro atoms. The van der Waals surface area contributed by atoms with Crippen LogP contribution < -0.4 is 4.74 Å². The molecule has 0 aliphatic rings. The maximum absolute atomic E-state index is 5.42. The van der Waals surface area contributed by atoms with Crippen LogP contribution in [0.25, 0.3) is 0 Å². The maximum atomic E-state index is 5.42. The van der Waals surface area contributed by atoms with Crippen LogP contribution in [0.3, 0.4) is 0 Å². The van der Waals surface area contributed by atoms with Crippen molar-refractivity contribution in [2.24, 2.45) is 5.92 Å². The smallest absolute Gasteiger partial charge is 0.119 e. The van der Waals surface area contributed by atoms with E-state index >= 15 is 0 Å². The maximum Gasteiger partial charge on any atom is 0.119 e. The largest absolute Gasteiger partial charge is 0.497 e. The first-order chi connectivity index (χ1) is 10.7. The SMILES string of the molecule is CCN(CC(C)C)C(c1ccccc1)c1cccc(OC)c1. The molecule has 2 nitrogen and oxygen atoms in total. The molecular formula is C20H27NO. The summed E-state index contributed by atoms with van der Waals surface area (Å²) in [5, 5.41) is 0. The van der Waals surface area contributed by atoms with Gasteiger partial charge in [-0.05, 0) is 35.7 Å². The summed E-state index contributed by atoms with van der Waals surface area (Å²) in [5.74, 6) is 1.55. The Labute approximate surface area is 134 Å². The third-order valence-corrected chi connectivity index (χ3v) is 3.90. The van der Waals surface area contributed by atoms with Crippen LogP contribution in [0.5, 0.6) is 5.75 Å². The molecule has 2 aromatic rings. The van der Waals surface area contributed by atoms with E-state index < -0.39 is 0 Å². The molecule has 0 heterocycles. The average molecular weight is 297 g/mol. The molecule has 2 aromatic carbocycles. The third-order valence-electron chi connectivity index (χ3n) is 3.90. The van der Waals surface area contributed by atoms with E-state index in [-0.39, 0.29) is 6.04 Å². The fourth-order valence-electron chi connectivity index (χ4n) is 2.95. The molecule has 0 N–H and O–H groups in total. The van der Waals surface area contributed by atoms with Crippen LogP contribution in [0, 0.1) is 5.92 Å². The monoisotopic (exact) mass is 297 g/mol. The van der Waals surface area contributed by atoms with Gasteiger partial charge in [-0.2, -0.15) is 0 Å². The number of methoxy groups -OCH3 is 1. The summed E-state index contributed by atoms with van der Waals surface area (Å²) in [7, 11) is 1.72. The van der Waals surface area contributed by atoms with Crippen LogP contribution in [0.1, 0.15) is 37.9 Å². The lowest BCUT2D eigenvalue weighted by Crippen LogP contribution is -2.32. The third kappa shape index (κ3) is 4.11. The Morgan fingerprint density at radius 3 is 2.23 bits per heavy atom. The van der Waals surface area contributed by atoms with Crippen LogP contribution >= 0.6 is 0 Å². The number of ether oxygens (including phenoxy) is 1. The van der Waals surface area contributed by atoms with E-state index in [4.69, 9.17) is 4.74 Å². The minimum absolute atomic E-state index is 0.267. The fourth-order valence-corrected chi connectivity index (χ4v) is 2.95. The van der Waals surface area contributed by atoms with Gasteiger partial charge in [-0.1, -0.05) is 63.2 Å². The number of hydrogen-bond acceptors (Lipinski definition) is 2. The van der Waals surface area contributed by atoms with Gasteiger partial charge >= 0.3 is 0 Å². The summed E-state index contributed by atoms with van der Waals surface area (Å²) in [6, 6.07) is 19.4. The van der Waals surface area contributed by atoms with Gasteiger partial charge in [-0.25, -0.2) is 0 Å². The summed E-state index contributed by atoms with van der Waals surface area (Å²) in [6.45, 7) is 8.88. The second-order valence-electron chi connectivity index (χ2n) is 6.07. The van der Waals surface area contributed by atoms with Crippen molar-refractivity contribution in [2.45, 2.75) is 26.8 Å². The fraction of sp³-hybridized carbons (Fsp3) is 0.400. The van der Waals surface area contributed by atoms with E-state index in [0.29, 0.717) is 5.92 Å². The Kier molecular flexibility index (Phi) is 6.02. The highest BCUT2D eigenvalue weighted by molar-refractivity contribution is 5.36. The van der Waals surface area contributed by atoms with Gasteiger partial charge in [0.15, 0.2) is 0 Å². The molecule has 22 heavy (non-hydrogen) atoms. The summed E-state index contributed by atoms with van der Waals surface area (Å²) < 4.78 is 5.42. The molecule has 0 fully saturated rings. The molecule has 0 saturated heterocycles. The number of benzene rings is 2. The molecule has 2 rings (SSSR count). The van der Waals surface area contributed by atoms with Gasteiger partial charge in [0.25, 0.3) is 0 Å². The lowest BCUT2D eigenvalue weighted by atomic mass is 9.96. The van der Waals surface area contributed by atoms with Gasteiger partial charge in [-0.3, -0.25) is 4.90 Å². The minimum atomic E-state index is 0.267. The summed E-state index contributed by atoms with van der Waals surface area (Å²) in [5.41, 5.74) is 2.62. The van der Waals surface area contributed by atoms with Crippen molar-refractivity contribution in [3.8, 4) is 5.75 Å². The van der Waals surface area contributed by atoms with E-state index in [1.165, 1.54) is 11.1 Å². The van der Waals surface area contributed by atoms with Crippen LogP contribution in [0.2, 0.25) is 0 Å². The summed E-state index contributed by atoms with van der Waals surface area (Å²) in [4.78, 5) is 2.54. The quantitative estimate of drug-likeness (QED) is 0.730. The first-order valence-corrected chi connectivity index (χ1v) is 8.08. The Morgan fingerprint density at radius 1 is 0.955 bits per heavy atom. The van der Waals surface area contributed by atoms with E-state index in [9.17, 15) is 0 Å². The van der Waals surface area contributed by atoms with E-state index in [1.54, 1.807) is 7.11 Å². The Morgan fingerprint density at radius 2 is 1.64 bits per heavy atom. The van der Waals surface area contributed by atoms with E-state index in [0.717, 1.165) is 18.8 Å². The van der Waals surface area contributed by atoms with Gasteiger partial charge in [-0.15, -0.1) is 0 Å². The zero-order chi connectivity index (χ0) is 15.9. The number of rotatable bonds is 7. The van der Waals surface area contributed by atoms with E-state index in [1.807, 2.05) is 6.07 Å². The first kappa shape index (κ1) is 16.6. The second-order valence-corrected chi connectivity index (χ2v) is 6.07. The first-order valence-electron chi connectivity index (χ1n) is 8.08. The Bertz CT molecular complexity index is 565. The molecule has 118 valence electrons. The molecule has 0 radical (unpaired) electrons. The number of hydrogen-bond donors (Lipinski definition) is 0. The standard InChI is InChI=1S/C20H27NO/c1-5-21(15-16(2)3)20(17-10-7-6-8-11-17)18-12-9-13-19(14-18)22-4/h6-14,16,20H,5,15H2,1-4H3. The molecule has 0 aromatic heterocycles. The molecule has 0 aliphatic carbocycles. The lowest BCUT2D eigenvalue weighted by molar-refractivity contribution is 0.211. The normalized spacial score (nSPS) is 12.6. The van der Waals surface area contributed by atoms with Gasteiger partial charge in [0.05, 0.1) is 13.2 Å². The predicted octanol–water partition coefficient (Wildman–Crippen LogP) is 4.76. The van der Waals surface area contributed by atoms with Gasteiger partial charge in [0.1, 0.15) is 5.75 Å². The van der Waals surface area contributed by atoms with Crippen molar-refractivity contribution in [1.29, 1.82) is 0 Å². The van der Waals surface area contributed by atoms with Gasteiger partial charge < -0.3 is 4.74 Å². The van der Waals surface area contributed by atoms with Crippen molar-refractivity contribution < 1.29 is 4.74 Å². The molecular weight excluding hydrogens is 270 g/mol. The molecule has 2 heteroatoms. The van der Waals surface area contributed by atoms with Crippen LogP contribution in [0.4, 0.5) is 0 Å². The van der Waals surface area contributed by atoms with Gasteiger partial charge in [0.2, 0.25) is 0 Å². The highest BCUT2D eigenvalue weighted by atomic mass is 16.5. The van der Waals surface area contributed by atoms with Crippen LogP contribution in [0.15, 0.2) is 54.6 Å². The van der Waals surface area contributed by atoms with Crippen molar-refractivity contribution in [3.63, 3.8) is 0 Å². The summed E-state index contributed by atoms with van der Waals surface area (Å²) >= 11 is 0. The average Bonchev–Trinajstić information content (AvgIpc) is 2.55. The lowest BCUT2D eigenvalue weighted by Gasteiger charge is -2.33. The minimum Gasteiger partial charge on any atom is -0.497 e. The van der Waals surface area contributed by atoms with Crippen molar-refractivity contribution >= 4 is 0 Å². The zero-order valence-electron chi connectivity index (χ0n) is 14.1. The zero-order valence-corrected chi connectivity index (χ0v) is 14.1. The molecule has 1 unspecified atom stereocenters. The molecule has 0 bridgehead atoms. The highest BCUT2D eigenvalue weighted by Gasteiger charge is 2.22. The second kappa shape index (κ2) is 8.00. The van der Waals surface area contributed by atoms with Crippen LogP contribution in [-0.4, -0.2) is 25.1 Å². The van der Waals surface area contributed by atoms with Crippen molar-refractivity contribution in [2.75, 3.05) is 20.2 Å². The molecule has 0 amide bonds. The van der Waals surface area contributed by atoms with Crippen molar-refractivity contribution in [3.05, 3.63) is 65.7 Å². The number of nitrogens with zero attached hydrogens (tertiary/aromatic N) is 1. The topological polar surface area (TPSA) is 12.5 Å². The van der Waals surface area contributed by atoms with Crippen molar-refractivity contribution in [1.82, 2.24) is 4.90 Å².